The summed E-state index contributed by atoms with van der Waals surface area (Å²) in [6.45, 7) is 0. The van der Waals surface area contributed by atoms with E-state index in [1.54, 1.807) is 0 Å². The lowest BCUT2D eigenvalue weighted by Gasteiger charge is -2.05. The number of thioether (sulfide) groups is 1. The van der Waals surface area contributed by atoms with Crippen molar-refractivity contribution in [2.75, 3.05) is 6.26 Å². The second kappa shape index (κ2) is 5.12. The highest BCUT2D eigenvalue weighted by Gasteiger charge is 2.47. The van der Waals surface area contributed by atoms with E-state index in [9.17, 15) is 21.6 Å². The van der Waals surface area contributed by atoms with Crippen LogP contribution >= 0.6 is 34.4 Å². The molecule has 0 aliphatic heterocycles. The molecule has 0 aliphatic rings. The van der Waals surface area contributed by atoms with Gasteiger partial charge in [0.25, 0.3) is 9.84 Å². The molecule has 0 N–H and O–H groups in total. The van der Waals surface area contributed by atoms with Crippen LogP contribution in [0.15, 0.2) is 32.7 Å². The molecule has 0 saturated heterocycles. The van der Waals surface area contributed by atoms with Gasteiger partial charge in [0.05, 0.1) is 9.77 Å². The molecule has 0 unspecified atom stereocenters. The minimum atomic E-state index is -5.26. The fourth-order valence-electron chi connectivity index (χ4n) is 1.35. The summed E-state index contributed by atoms with van der Waals surface area (Å²) >= 11 is 3.83. The second-order valence-electron chi connectivity index (χ2n) is 3.41. The topological polar surface area (TPSA) is 34.1 Å². The van der Waals surface area contributed by atoms with Crippen LogP contribution in [0.25, 0.3) is 9.75 Å². The quantitative estimate of drug-likeness (QED) is 0.769. The molecule has 104 valence electrons. The molecule has 19 heavy (non-hydrogen) atoms. The van der Waals surface area contributed by atoms with Crippen LogP contribution in [-0.4, -0.2) is 20.2 Å². The van der Waals surface area contributed by atoms with Gasteiger partial charge in [0.15, 0.2) is 0 Å². The van der Waals surface area contributed by atoms with E-state index >= 15 is 0 Å². The van der Waals surface area contributed by atoms with Crippen LogP contribution in [0, 0.1) is 0 Å². The van der Waals surface area contributed by atoms with Crippen molar-refractivity contribution < 1.29 is 21.6 Å². The monoisotopic (exact) mass is 344 g/mol. The van der Waals surface area contributed by atoms with Crippen molar-refractivity contribution in [3.63, 3.8) is 0 Å². The van der Waals surface area contributed by atoms with Gasteiger partial charge in [-0.2, -0.15) is 13.2 Å². The molecule has 2 aromatic rings. The summed E-state index contributed by atoms with van der Waals surface area (Å²) < 4.78 is 59.8. The van der Waals surface area contributed by atoms with Crippen LogP contribution in [0.1, 0.15) is 0 Å². The highest BCUT2D eigenvalue weighted by atomic mass is 32.2. The van der Waals surface area contributed by atoms with Crippen LogP contribution in [0.2, 0.25) is 0 Å². The lowest BCUT2D eigenvalue weighted by Crippen LogP contribution is -2.22. The zero-order chi connectivity index (χ0) is 14.3. The number of sulfone groups is 1. The maximum atomic E-state index is 12.4. The van der Waals surface area contributed by atoms with Crippen molar-refractivity contribution in [1.82, 2.24) is 0 Å². The summed E-state index contributed by atoms with van der Waals surface area (Å²) in [6, 6.07) is 2.93. The second-order valence-corrected chi connectivity index (χ2v) is 8.03. The molecule has 2 rings (SSSR count). The molecule has 0 amide bonds. The molecule has 2 nitrogen and oxygen atoms in total. The zero-order valence-electron chi connectivity index (χ0n) is 9.39. The van der Waals surface area contributed by atoms with E-state index in [2.05, 4.69) is 0 Å². The molecule has 0 saturated carbocycles. The van der Waals surface area contributed by atoms with Crippen LogP contribution in [-0.2, 0) is 9.84 Å². The first kappa shape index (κ1) is 14.9. The summed E-state index contributed by atoms with van der Waals surface area (Å²) in [5.74, 6) is 0. The van der Waals surface area contributed by atoms with Gasteiger partial charge >= 0.3 is 5.51 Å². The van der Waals surface area contributed by atoms with E-state index in [1.165, 1.54) is 23.1 Å². The number of rotatable bonds is 3. The molecular formula is C10H7F3O2S4. The third-order valence-electron chi connectivity index (χ3n) is 2.26. The molecule has 0 aliphatic carbocycles. The van der Waals surface area contributed by atoms with Crippen molar-refractivity contribution >= 4 is 44.3 Å². The molecule has 0 atom stereocenters. The number of halogens is 3. The molecule has 0 bridgehead atoms. The van der Waals surface area contributed by atoms with Crippen molar-refractivity contribution in [3.05, 3.63) is 22.9 Å². The fraction of sp³-hybridized carbons (Fsp3) is 0.200. The normalized spacial score (nSPS) is 12.8. The van der Waals surface area contributed by atoms with E-state index < -0.39 is 20.2 Å². The molecule has 2 aromatic heterocycles. The lowest BCUT2D eigenvalue weighted by molar-refractivity contribution is -0.0435. The Hall–Kier alpha value is -0.510. The first-order valence-corrected chi connectivity index (χ1v) is 9.26. The minimum Gasteiger partial charge on any atom is -0.214 e. The summed E-state index contributed by atoms with van der Waals surface area (Å²) in [4.78, 5) is 1.55. The fourth-order valence-corrected chi connectivity index (χ4v) is 5.37. The van der Waals surface area contributed by atoms with Crippen molar-refractivity contribution in [3.8, 4) is 9.75 Å². The number of hydrogen-bond donors (Lipinski definition) is 0. The van der Waals surface area contributed by atoms with Gasteiger partial charge in [-0.05, 0) is 23.8 Å². The van der Waals surface area contributed by atoms with Gasteiger partial charge in [-0.25, -0.2) is 8.42 Å². The molecule has 0 spiro atoms. The standard InChI is InChI=1S/C10H7F3O2S4/c1-16-7-2-3-17-9(7)8-4-6(5-18-8)19(14,15)10(11,12)13/h2-5H,1H3. The molecule has 0 radical (unpaired) electrons. The van der Waals surface area contributed by atoms with Gasteiger partial charge in [0.1, 0.15) is 0 Å². The molecule has 2 heterocycles. The number of alkyl halides is 3. The Labute approximate surface area is 120 Å². The first-order valence-electron chi connectivity index (χ1n) is 4.79. The Bertz CT molecular complexity index is 682. The average Bonchev–Trinajstić information content (AvgIpc) is 2.95. The van der Waals surface area contributed by atoms with Crippen molar-refractivity contribution in [1.29, 1.82) is 0 Å². The average molecular weight is 344 g/mol. The van der Waals surface area contributed by atoms with E-state index in [1.807, 2.05) is 17.7 Å². The van der Waals surface area contributed by atoms with Gasteiger partial charge in [0, 0.05) is 15.2 Å². The summed E-state index contributed by atoms with van der Waals surface area (Å²) in [6.07, 6.45) is 1.85. The summed E-state index contributed by atoms with van der Waals surface area (Å²) in [5, 5.41) is 2.85. The Morgan fingerprint density at radius 1 is 1.26 bits per heavy atom. The number of hydrogen-bond acceptors (Lipinski definition) is 5. The summed E-state index contributed by atoms with van der Waals surface area (Å²) in [5.41, 5.74) is -5.26. The van der Waals surface area contributed by atoms with Gasteiger partial charge in [-0.15, -0.1) is 34.4 Å². The molecule has 0 aromatic carbocycles. The van der Waals surface area contributed by atoms with Crippen LogP contribution in [0.3, 0.4) is 0 Å². The maximum absolute atomic E-state index is 12.4. The Morgan fingerprint density at radius 2 is 1.95 bits per heavy atom. The molecular weight excluding hydrogens is 337 g/mol. The highest BCUT2D eigenvalue weighted by Crippen LogP contribution is 2.41. The Kier molecular flexibility index (Phi) is 4.01. The first-order chi connectivity index (χ1) is 8.77. The van der Waals surface area contributed by atoms with Gasteiger partial charge in [-0.3, -0.25) is 0 Å². The Balaban J connectivity index is 2.46. The smallest absolute Gasteiger partial charge is 0.214 e. The lowest BCUT2D eigenvalue weighted by atomic mass is 10.4. The van der Waals surface area contributed by atoms with Crippen molar-refractivity contribution in [2.24, 2.45) is 0 Å². The van der Waals surface area contributed by atoms with Gasteiger partial charge in [0.2, 0.25) is 0 Å². The SMILES string of the molecule is CSc1ccsc1-c1cc(S(=O)(=O)C(F)(F)F)cs1. The van der Waals surface area contributed by atoms with Crippen molar-refractivity contribution in [2.45, 2.75) is 15.3 Å². The Morgan fingerprint density at radius 3 is 2.53 bits per heavy atom. The van der Waals surface area contributed by atoms with Crippen LogP contribution in [0.5, 0.6) is 0 Å². The molecule has 9 heteroatoms. The minimum absolute atomic E-state index is 0.530. The predicted octanol–water partition coefficient (Wildman–Crippen LogP) is 4.49. The highest BCUT2D eigenvalue weighted by molar-refractivity contribution is 7.99. The van der Waals surface area contributed by atoms with Crippen LogP contribution < -0.4 is 0 Å². The van der Waals surface area contributed by atoms with E-state index in [0.29, 0.717) is 4.88 Å². The maximum Gasteiger partial charge on any atom is 0.501 e. The number of thiophene rings is 2. The van der Waals surface area contributed by atoms with Gasteiger partial charge < -0.3 is 0 Å². The third kappa shape index (κ3) is 2.69. The van der Waals surface area contributed by atoms with E-state index in [0.717, 1.165) is 32.6 Å². The molecule has 0 fully saturated rings. The zero-order valence-corrected chi connectivity index (χ0v) is 12.7. The summed E-state index contributed by atoms with van der Waals surface area (Å²) in [7, 11) is -5.26. The van der Waals surface area contributed by atoms with E-state index in [-0.39, 0.29) is 0 Å². The van der Waals surface area contributed by atoms with Gasteiger partial charge in [-0.1, -0.05) is 0 Å². The third-order valence-corrected chi connectivity index (χ3v) is 6.81. The largest absolute Gasteiger partial charge is 0.501 e. The van der Waals surface area contributed by atoms with Crippen LogP contribution in [0.4, 0.5) is 13.2 Å². The van der Waals surface area contributed by atoms with E-state index in [4.69, 9.17) is 0 Å². The predicted molar refractivity (Wildman–Crippen MR) is 72.7 cm³/mol.